The van der Waals surface area contributed by atoms with Crippen molar-refractivity contribution >= 4 is 22.5 Å². The number of nitro benzene ring substituents is 1. The van der Waals surface area contributed by atoms with Crippen molar-refractivity contribution in [3.05, 3.63) is 40.1 Å². The van der Waals surface area contributed by atoms with E-state index in [2.05, 4.69) is 4.98 Å². The molecule has 1 aliphatic heterocycles. The van der Waals surface area contributed by atoms with E-state index in [4.69, 9.17) is 5.11 Å². The van der Waals surface area contributed by atoms with E-state index in [1.54, 1.807) is 17.2 Å². The van der Waals surface area contributed by atoms with E-state index in [0.29, 0.717) is 29.6 Å². The lowest BCUT2D eigenvalue weighted by molar-refractivity contribution is -0.384. The van der Waals surface area contributed by atoms with Crippen LogP contribution >= 0.6 is 0 Å². The van der Waals surface area contributed by atoms with Gasteiger partial charge in [0.2, 0.25) is 0 Å². The number of fused-ring (bicyclic) bond motifs is 1. The average Bonchev–Trinajstić information content (AvgIpc) is 2.97. The van der Waals surface area contributed by atoms with Gasteiger partial charge in [0.25, 0.3) is 11.6 Å². The van der Waals surface area contributed by atoms with Crippen LogP contribution in [-0.2, 0) is 0 Å². The summed E-state index contributed by atoms with van der Waals surface area (Å²) in [5, 5.41) is 20.6. The van der Waals surface area contributed by atoms with Crippen LogP contribution in [0.5, 0.6) is 0 Å². The number of hydrogen-bond acceptors (Lipinski definition) is 4. The first kappa shape index (κ1) is 14.5. The molecule has 1 aromatic carbocycles. The van der Waals surface area contributed by atoms with Crippen molar-refractivity contribution in [1.82, 2.24) is 9.88 Å². The van der Waals surface area contributed by atoms with Crippen LogP contribution < -0.4 is 0 Å². The molecule has 0 radical (unpaired) electrons. The van der Waals surface area contributed by atoms with Gasteiger partial charge in [-0.15, -0.1) is 0 Å². The largest absolute Gasteiger partial charge is 0.396 e. The molecule has 0 bridgehead atoms. The molecule has 2 aromatic rings. The standard InChI is InChI=1S/C15H17N3O4/c19-9-10-3-5-17(6-4-10)15(20)13-8-16-14-2-1-11(18(21)22)7-12(13)14/h1-2,7-8,10,16,19H,3-6,9H2. The molecule has 7 heteroatoms. The Morgan fingerprint density at radius 3 is 2.77 bits per heavy atom. The number of hydrogen-bond donors (Lipinski definition) is 2. The van der Waals surface area contributed by atoms with Gasteiger partial charge in [-0.2, -0.15) is 0 Å². The second-order valence-corrected chi connectivity index (χ2v) is 5.61. The van der Waals surface area contributed by atoms with E-state index < -0.39 is 4.92 Å². The molecular formula is C15H17N3O4. The molecule has 7 nitrogen and oxygen atoms in total. The molecule has 0 spiro atoms. The Kier molecular flexibility index (Phi) is 3.81. The predicted molar refractivity (Wildman–Crippen MR) is 80.7 cm³/mol. The maximum absolute atomic E-state index is 12.6. The van der Waals surface area contributed by atoms with Crippen molar-refractivity contribution in [2.24, 2.45) is 5.92 Å². The molecule has 3 rings (SSSR count). The molecule has 1 amide bonds. The van der Waals surface area contributed by atoms with Gasteiger partial charge in [-0.3, -0.25) is 14.9 Å². The minimum atomic E-state index is -0.465. The zero-order valence-electron chi connectivity index (χ0n) is 12.0. The molecule has 1 aliphatic rings. The Balaban J connectivity index is 1.88. The summed E-state index contributed by atoms with van der Waals surface area (Å²) in [6, 6.07) is 4.46. The third kappa shape index (κ3) is 2.55. The van der Waals surface area contributed by atoms with Crippen LogP contribution in [-0.4, -0.2) is 45.5 Å². The Bertz CT molecular complexity index is 717. The topological polar surface area (TPSA) is 99.5 Å². The Labute approximate surface area is 126 Å². The third-order valence-corrected chi connectivity index (χ3v) is 4.27. The number of aromatic amines is 1. The van der Waals surface area contributed by atoms with Gasteiger partial charge in [0.1, 0.15) is 0 Å². The molecule has 2 N–H and O–H groups in total. The van der Waals surface area contributed by atoms with Gasteiger partial charge in [0.05, 0.1) is 10.5 Å². The van der Waals surface area contributed by atoms with Crippen molar-refractivity contribution in [1.29, 1.82) is 0 Å². The number of nitro groups is 1. The summed E-state index contributed by atoms with van der Waals surface area (Å²) in [5.74, 6) is 0.135. The summed E-state index contributed by atoms with van der Waals surface area (Å²) in [5.41, 5.74) is 1.14. The quantitative estimate of drug-likeness (QED) is 0.668. The highest BCUT2D eigenvalue weighted by Gasteiger charge is 2.25. The van der Waals surface area contributed by atoms with Crippen LogP contribution in [0.1, 0.15) is 23.2 Å². The van der Waals surface area contributed by atoms with Gasteiger partial charge in [-0.1, -0.05) is 0 Å². The fraction of sp³-hybridized carbons (Fsp3) is 0.400. The van der Waals surface area contributed by atoms with Crippen LogP contribution in [0.4, 0.5) is 5.69 Å². The van der Waals surface area contributed by atoms with Crippen LogP contribution in [0.25, 0.3) is 10.9 Å². The van der Waals surface area contributed by atoms with E-state index in [9.17, 15) is 14.9 Å². The number of benzene rings is 1. The fourth-order valence-electron chi connectivity index (χ4n) is 2.89. The monoisotopic (exact) mass is 303 g/mol. The first-order valence-corrected chi connectivity index (χ1v) is 7.26. The maximum Gasteiger partial charge on any atom is 0.270 e. The lowest BCUT2D eigenvalue weighted by Crippen LogP contribution is -2.39. The molecule has 0 aliphatic carbocycles. The molecule has 0 unspecified atom stereocenters. The van der Waals surface area contributed by atoms with Gasteiger partial charge in [-0.05, 0) is 24.8 Å². The third-order valence-electron chi connectivity index (χ3n) is 4.27. The van der Waals surface area contributed by atoms with E-state index in [1.807, 2.05) is 0 Å². The number of nitrogens with zero attached hydrogens (tertiary/aromatic N) is 2. The van der Waals surface area contributed by atoms with E-state index in [0.717, 1.165) is 12.8 Å². The lowest BCUT2D eigenvalue weighted by Gasteiger charge is -2.31. The van der Waals surface area contributed by atoms with Crippen LogP contribution in [0, 0.1) is 16.0 Å². The zero-order valence-corrected chi connectivity index (χ0v) is 12.0. The smallest absolute Gasteiger partial charge is 0.270 e. The van der Waals surface area contributed by atoms with Gasteiger partial charge in [-0.25, -0.2) is 0 Å². The Hall–Kier alpha value is -2.41. The fourth-order valence-corrected chi connectivity index (χ4v) is 2.89. The lowest BCUT2D eigenvalue weighted by atomic mass is 9.97. The summed E-state index contributed by atoms with van der Waals surface area (Å²) in [7, 11) is 0. The molecule has 116 valence electrons. The van der Waals surface area contributed by atoms with Crippen molar-refractivity contribution in [3.63, 3.8) is 0 Å². The molecule has 2 heterocycles. The highest BCUT2D eigenvalue weighted by atomic mass is 16.6. The summed E-state index contributed by atoms with van der Waals surface area (Å²) < 4.78 is 0. The number of carbonyl (C=O) groups is 1. The maximum atomic E-state index is 12.6. The van der Waals surface area contributed by atoms with Crippen molar-refractivity contribution < 1.29 is 14.8 Å². The van der Waals surface area contributed by atoms with Crippen LogP contribution in [0.15, 0.2) is 24.4 Å². The summed E-state index contributed by atoms with van der Waals surface area (Å²) in [6.45, 7) is 1.36. The predicted octanol–water partition coefficient (Wildman–Crippen LogP) is 1.92. The number of H-pyrrole nitrogens is 1. The number of carbonyl (C=O) groups excluding carboxylic acids is 1. The van der Waals surface area contributed by atoms with Crippen LogP contribution in [0.2, 0.25) is 0 Å². The summed E-state index contributed by atoms with van der Waals surface area (Å²) in [6.07, 6.45) is 3.17. The summed E-state index contributed by atoms with van der Waals surface area (Å²) >= 11 is 0. The Morgan fingerprint density at radius 2 is 2.14 bits per heavy atom. The molecule has 0 atom stereocenters. The SMILES string of the molecule is O=C(c1c[nH]c2ccc([N+](=O)[O-])cc12)N1CCC(CO)CC1. The number of nitrogens with one attached hydrogen (secondary N) is 1. The van der Waals surface area contributed by atoms with Crippen molar-refractivity contribution in [2.75, 3.05) is 19.7 Å². The van der Waals surface area contributed by atoms with Crippen molar-refractivity contribution in [2.45, 2.75) is 12.8 Å². The minimum absolute atomic E-state index is 0.0276. The number of likely N-dealkylation sites (tertiary alicyclic amines) is 1. The number of piperidine rings is 1. The van der Waals surface area contributed by atoms with Gasteiger partial charge in [0.15, 0.2) is 0 Å². The molecule has 22 heavy (non-hydrogen) atoms. The molecule has 1 fully saturated rings. The van der Waals surface area contributed by atoms with Gasteiger partial charge >= 0.3 is 0 Å². The number of rotatable bonds is 3. The highest BCUT2D eigenvalue weighted by Crippen LogP contribution is 2.26. The molecule has 0 saturated carbocycles. The van der Waals surface area contributed by atoms with Crippen LogP contribution in [0.3, 0.4) is 0 Å². The number of non-ortho nitro benzene ring substituents is 1. The normalized spacial score (nSPS) is 16.1. The second-order valence-electron chi connectivity index (χ2n) is 5.61. The second kappa shape index (κ2) is 5.76. The first-order chi connectivity index (χ1) is 10.6. The highest BCUT2D eigenvalue weighted by molar-refractivity contribution is 6.07. The number of amides is 1. The van der Waals surface area contributed by atoms with E-state index in [1.165, 1.54) is 12.1 Å². The van der Waals surface area contributed by atoms with Crippen molar-refractivity contribution in [3.8, 4) is 0 Å². The molecule has 1 aromatic heterocycles. The summed E-state index contributed by atoms with van der Waals surface area (Å²) in [4.78, 5) is 27.8. The molecule has 1 saturated heterocycles. The average molecular weight is 303 g/mol. The zero-order chi connectivity index (χ0) is 15.7. The van der Waals surface area contributed by atoms with E-state index in [-0.39, 0.29) is 24.1 Å². The number of aliphatic hydroxyl groups is 1. The van der Waals surface area contributed by atoms with Gasteiger partial charge < -0.3 is 15.0 Å². The number of aromatic nitrogens is 1. The minimum Gasteiger partial charge on any atom is -0.396 e. The Morgan fingerprint density at radius 1 is 1.41 bits per heavy atom. The van der Waals surface area contributed by atoms with Gasteiger partial charge in [0, 0.05) is 48.9 Å². The van der Waals surface area contributed by atoms with E-state index >= 15 is 0 Å². The first-order valence-electron chi connectivity index (χ1n) is 7.26. The number of aliphatic hydroxyl groups excluding tert-OH is 1. The molecular weight excluding hydrogens is 286 g/mol.